The van der Waals surface area contributed by atoms with Gasteiger partial charge in [0.1, 0.15) is 0 Å². The number of rotatable bonds is 8. The fraction of sp³-hybridized carbons (Fsp3) is 0.571. The number of aliphatic hydroxyl groups excluding tert-OH is 1. The molecule has 20 heavy (non-hydrogen) atoms. The van der Waals surface area contributed by atoms with Gasteiger partial charge in [-0.15, -0.1) is 0 Å². The maximum absolute atomic E-state index is 11.7. The summed E-state index contributed by atoms with van der Waals surface area (Å²) in [5, 5.41) is 12.0. The van der Waals surface area contributed by atoms with Gasteiger partial charge < -0.3 is 19.9 Å². The zero-order valence-corrected chi connectivity index (χ0v) is 12.4. The summed E-state index contributed by atoms with van der Waals surface area (Å²) in [6.45, 7) is 1.31. The largest absolute Gasteiger partial charge is 0.396 e. The topological polar surface area (TPSA) is 70.4 Å². The Labute approximate surface area is 120 Å². The molecule has 0 saturated heterocycles. The van der Waals surface area contributed by atoms with Crippen molar-refractivity contribution >= 4 is 5.91 Å². The van der Waals surface area contributed by atoms with Crippen LogP contribution in [0.1, 0.15) is 18.0 Å². The van der Waals surface area contributed by atoms with Crippen LogP contribution in [0.5, 0.6) is 0 Å². The molecule has 6 heteroatoms. The van der Waals surface area contributed by atoms with Crippen LogP contribution in [0.15, 0.2) is 24.7 Å². The molecule has 0 aliphatic heterocycles. The molecule has 0 spiro atoms. The first kappa shape index (κ1) is 16.4. The first-order valence-corrected chi connectivity index (χ1v) is 6.70. The van der Waals surface area contributed by atoms with E-state index in [2.05, 4.69) is 10.3 Å². The highest BCUT2D eigenvalue weighted by Crippen LogP contribution is 2.17. The number of hydrogen-bond donors (Lipinski definition) is 2. The molecule has 0 fully saturated rings. The van der Waals surface area contributed by atoms with E-state index in [1.54, 1.807) is 18.6 Å². The van der Waals surface area contributed by atoms with E-state index in [0.29, 0.717) is 13.0 Å². The van der Waals surface area contributed by atoms with Gasteiger partial charge in [0.2, 0.25) is 5.91 Å². The van der Waals surface area contributed by atoms with Crippen molar-refractivity contribution in [3.63, 3.8) is 0 Å². The molecule has 1 heterocycles. The van der Waals surface area contributed by atoms with Crippen LogP contribution in [0.3, 0.4) is 0 Å². The average Bonchev–Trinajstić information content (AvgIpc) is 2.80. The molecule has 1 atom stereocenters. The fourth-order valence-corrected chi connectivity index (χ4v) is 1.92. The monoisotopic (exact) mass is 280 g/mol. The van der Waals surface area contributed by atoms with Crippen molar-refractivity contribution in [2.24, 2.45) is 7.05 Å². The predicted molar refractivity (Wildman–Crippen MR) is 78.4 cm³/mol. The molecule has 1 unspecified atom stereocenters. The molecular formula is C14H24N4O2. The Morgan fingerprint density at radius 2 is 2.35 bits per heavy atom. The average molecular weight is 280 g/mol. The second-order valence-electron chi connectivity index (χ2n) is 5.05. The highest BCUT2D eigenvalue weighted by Gasteiger charge is 2.15. The highest BCUT2D eigenvalue weighted by atomic mass is 16.3. The van der Waals surface area contributed by atoms with E-state index in [-0.39, 0.29) is 18.4 Å². The maximum Gasteiger partial charge on any atom is 0.243 e. The Hall–Kier alpha value is -1.66. The lowest BCUT2D eigenvalue weighted by Gasteiger charge is -2.16. The zero-order chi connectivity index (χ0) is 15.0. The molecule has 0 saturated carbocycles. The number of aryl methyl sites for hydroxylation is 1. The Morgan fingerprint density at radius 1 is 1.60 bits per heavy atom. The summed E-state index contributed by atoms with van der Waals surface area (Å²) in [6.07, 6.45) is 7.45. The third kappa shape index (κ3) is 5.54. The quantitative estimate of drug-likeness (QED) is 0.664. The summed E-state index contributed by atoms with van der Waals surface area (Å²) in [6, 6.07) is 0. The van der Waals surface area contributed by atoms with Crippen molar-refractivity contribution in [3.8, 4) is 0 Å². The molecule has 0 aliphatic carbocycles. The van der Waals surface area contributed by atoms with Gasteiger partial charge in [-0.3, -0.25) is 4.79 Å². The molecule has 1 aromatic heterocycles. The normalized spacial score (nSPS) is 13.1. The minimum absolute atomic E-state index is 0.0682. The van der Waals surface area contributed by atoms with Crippen molar-refractivity contribution in [2.45, 2.75) is 12.3 Å². The van der Waals surface area contributed by atoms with E-state index >= 15 is 0 Å². The number of amides is 1. The SMILES string of the molecule is CN(C)C/C=C/C(=O)NCC(CCO)c1cncn1C. The van der Waals surface area contributed by atoms with Crippen LogP contribution in [-0.4, -0.2) is 59.3 Å². The third-order valence-corrected chi connectivity index (χ3v) is 3.01. The summed E-state index contributed by atoms with van der Waals surface area (Å²) < 4.78 is 1.91. The Morgan fingerprint density at radius 3 is 2.90 bits per heavy atom. The number of carbonyl (C=O) groups excluding carboxylic acids is 1. The Kier molecular flexibility index (Phi) is 6.97. The molecule has 1 rings (SSSR count). The van der Waals surface area contributed by atoms with Gasteiger partial charge in [0.15, 0.2) is 0 Å². The summed E-state index contributed by atoms with van der Waals surface area (Å²) in [7, 11) is 5.80. The van der Waals surface area contributed by atoms with Crippen LogP contribution in [0, 0.1) is 0 Å². The van der Waals surface area contributed by atoms with Crippen LogP contribution in [0.2, 0.25) is 0 Å². The second-order valence-corrected chi connectivity index (χ2v) is 5.05. The maximum atomic E-state index is 11.7. The van der Waals surface area contributed by atoms with E-state index in [4.69, 9.17) is 5.11 Å². The van der Waals surface area contributed by atoms with Crippen LogP contribution >= 0.6 is 0 Å². The zero-order valence-electron chi connectivity index (χ0n) is 12.4. The molecular weight excluding hydrogens is 256 g/mol. The lowest BCUT2D eigenvalue weighted by atomic mass is 10.0. The summed E-state index contributed by atoms with van der Waals surface area (Å²) >= 11 is 0. The van der Waals surface area contributed by atoms with E-state index in [1.807, 2.05) is 36.7 Å². The molecule has 0 radical (unpaired) electrons. The van der Waals surface area contributed by atoms with Gasteiger partial charge >= 0.3 is 0 Å². The van der Waals surface area contributed by atoms with Crippen molar-refractivity contribution in [2.75, 3.05) is 33.8 Å². The Bertz CT molecular complexity index is 440. The molecule has 0 aliphatic rings. The van der Waals surface area contributed by atoms with Crippen LogP contribution < -0.4 is 5.32 Å². The van der Waals surface area contributed by atoms with Gasteiger partial charge in [-0.25, -0.2) is 4.98 Å². The molecule has 2 N–H and O–H groups in total. The number of nitrogens with one attached hydrogen (secondary N) is 1. The lowest BCUT2D eigenvalue weighted by molar-refractivity contribution is -0.116. The third-order valence-electron chi connectivity index (χ3n) is 3.01. The molecule has 0 bridgehead atoms. The Balaban J connectivity index is 2.49. The van der Waals surface area contributed by atoms with Crippen molar-refractivity contribution in [3.05, 3.63) is 30.4 Å². The summed E-state index contributed by atoms with van der Waals surface area (Å²) in [4.78, 5) is 17.7. The highest BCUT2D eigenvalue weighted by molar-refractivity contribution is 5.87. The molecule has 0 aromatic carbocycles. The number of nitrogens with zero attached hydrogens (tertiary/aromatic N) is 3. The van der Waals surface area contributed by atoms with Gasteiger partial charge in [-0.1, -0.05) is 6.08 Å². The van der Waals surface area contributed by atoms with Crippen molar-refractivity contribution < 1.29 is 9.90 Å². The van der Waals surface area contributed by atoms with Crippen molar-refractivity contribution in [1.29, 1.82) is 0 Å². The predicted octanol–water partition coefficient (Wildman–Crippen LogP) is 0.120. The number of imidazole rings is 1. The van der Waals surface area contributed by atoms with Gasteiger partial charge in [-0.2, -0.15) is 0 Å². The molecule has 1 aromatic rings. The minimum atomic E-state index is -0.114. The standard InChI is InChI=1S/C14H24N4O2/c1-17(2)7-4-5-14(20)16-9-12(6-8-19)13-10-15-11-18(13)3/h4-5,10-12,19H,6-9H2,1-3H3,(H,16,20)/b5-4+. The number of aliphatic hydroxyl groups is 1. The van der Waals surface area contributed by atoms with Gasteiger partial charge in [0.05, 0.1) is 6.33 Å². The summed E-state index contributed by atoms with van der Waals surface area (Å²) in [5.41, 5.74) is 1.01. The fourth-order valence-electron chi connectivity index (χ4n) is 1.92. The summed E-state index contributed by atoms with van der Waals surface area (Å²) in [5.74, 6) is -0.0457. The van der Waals surface area contributed by atoms with Crippen LogP contribution in [-0.2, 0) is 11.8 Å². The van der Waals surface area contributed by atoms with E-state index in [9.17, 15) is 4.79 Å². The first-order chi connectivity index (χ1) is 9.54. The van der Waals surface area contributed by atoms with Gasteiger partial charge in [0, 0.05) is 50.6 Å². The lowest BCUT2D eigenvalue weighted by Crippen LogP contribution is -2.28. The van der Waals surface area contributed by atoms with Gasteiger partial charge in [0.25, 0.3) is 0 Å². The second kappa shape index (κ2) is 8.50. The van der Waals surface area contributed by atoms with E-state index in [0.717, 1.165) is 12.2 Å². The van der Waals surface area contributed by atoms with E-state index < -0.39 is 0 Å². The molecule has 1 amide bonds. The minimum Gasteiger partial charge on any atom is -0.396 e. The number of hydrogen-bond acceptors (Lipinski definition) is 4. The van der Waals surface area contributed by atoms with Gasteiger partial charge in [-0.05, 0) is 20.5 Å². The molecule has 112 valence electrons. The van der Waals surface area contributed by atoms with Crippen LogP contribution in [0.25, 0.3) is 0 Å². The van der Waals surface area contributed by atoms with Crippen LogP contribution in [0.4, 0.5) is 0 Å². The smallest absolute Gasteiger partial charge is 0.243 e. The first-order valence-electron chi connectivity index (χ1n) is 6.70. The molecule has 6 nitrogen and oxygen atoms in total. The number of carbonyl (C=O) groups is 1. The van der Waals surface area contributed by atoms with Crippen molar-refractivity contribution in [1.82, 2.24) is 19.8 Å². The number of aromatic nitrogens is 2. The van der Waals surface area contributed by atoms with E-state index in [1.165, 1.54) is 0 Å². The number of likely N-dealkylation sites (N-methyl/N-ethyl adjacent to an activating group) is 1.